The molecule has 0 radical (unpaired) electrons. The summed E-state index contributed by atoms with van der Waals surface area (Å²) in [6.45, 7) is 3.57. The van der Waals surface area contributed by atoms with Crippen LogP contribution in [0.1, 0.15) is 36.0 Å². The second-order valence-corrected chi connectivity index (χ2v) is 6.70. The molecule has 0 saturated carbocycles. The first-order chi connectivity index (χ1) is 12.1. The molecule has 1 atom stereocenters. The lowest BCUT2D eigenvalue weighted by molar-refractivity contribution is -0.132. The molecule has 0 bridgehead atoms. The number of carbonyl (C=O) groups is 1. The Morgan fingerprint density at radius 2 is 1.84 bits per heavy atom. The lowest BCUT2D eigenvalue weighted by Gasteiger charge is -2.30. The number of halogens is 1. The Morgan fingerprint density at radius 1 is 1.16 bits per heavy atom. The maximum absolute atomic E-state index is 13.0. The minimum Gasteiger partial charge on any atom is -0.454 e. The first-order valence-electron chi connectivity index (χ1n) is 8.55. The van der Waals surface area contributed by atoms with Crippen LogP contribution in [-0.2, 0) is 17.8 Å². The summed E-state index contributed by atoms with van der Waals surface area (Å²) >= 11 is 0. The van der Waals surface area contributed by atoms with Crippen molar-refractivity contribution in [3.63, 3.8) is 0 Å². The molecule has 0 aromatic heterocycles. The SMILES string of the molecule is CC(CC(=O)N1CCc2cc3c(cc2C1)OCO3)c1ccc(F)cc1. The van der Waals surface area contributed by atoms with Crippen molar-refractivity contribution in [2.45, 2.75) is 32.2 Å². The van der Waals surface area contributed by atoms with Gasteiger partial charge in [0.15, 0.2) is 11.5 Å². The van der Waals surface area contributed by atoms with Crippen molar-refractivity contribution in [1.82, 2.24) is 4.90 Å². The molecule has 2 heterocycles. The van der Waals surface area contributed by atoms with Gasteiger partial charge in [0.1, 0.15) is 5.82 Å². The molecule has 0 aliphatic carbocycles. The number of amides is 1. The van der Waals surface area contributed by atoms with E-state index in [-0.39, 0.29) is 24.4 Å². The second kappa shape index (κ2) is 6.39. The first-order valence-corrected chi connectivity index (χ1v) is 8.55. The molecule has 2 aliphatic heterocycles. The van der Waals surface area contributed by atoms with E-state index in [1.165, 1.54) is 17.7 Å². The van der Waals surface area contributed by atoms with Crippen LogP contribution in [0.4, 0.5) is 4.39 Å². The summed E-state index contributed by atoms with van der Waals surface area (Å²) in [4.78, 5) is 14.6. The van der Waals surface area contributed by atoms with Gasteiger partial charge < -0.3 is 14.4 Å². The highest BCUT2D eigenvalue weighted by Crippen LogP contribution is 2.37. The highest BCUT2D eigenvalue weighted by atomic mass is 19.1. The molecule has 2 aromatic carbocycles. The van der Waals surface area contributed by atoms with Crippen molar-refractivity contribution in [3.05, 3.63) is 58.9 Å². The number of benzene rings is 2. The third-order valence-corrected chi connectivity index (χ3v) is 4.98. The highest BCUT2D eigenvalue weighted by Gasteiger charge is 2.25. The quantitative estimate of drug-likeness (QED) is 0.856. The zero-order chi connectivity index (χ0) is 17.4. The minimum atomic E-state index is -0.256. The van der Waals surface area contributed by atoms with Crippen molar-refractivity contribution >= 4 is 5.91 Å². The third-order valence-electron chi connectivity index (χ3n) is 4.98. The average Bonchev–Trinajstić information content (AvgIpc) is 3.06. The predicted octanol–water partition coefficient (Wildman–Crippen LogP) is 3.63. The van der Waals surface area contributed by atoms with Crippen LogP contribution < -0.4 is 9.47 Å². The molecule has 2 aliphatic rings. The van der Waals surface area contributed by atoms with Crippen molar-refractivity contribution < 1.29 is 18.7 Å². The van der Waals surface area contributed by atoms with E-state index in [4.69, 9.17) is 9.47 Å². The molecule has 2 aromatic rings. The van der Waals surface area contributed by atoms with Crippen LogP contribution >= 0.6 is 0 Å². The molecule has 1 unspecified atom stereocenters. The molecular formula is C20H20FNO3. The van der Waals surface area contributed by atoms with Gasteiger partial charge in [-0.2, -0.15) is 0 Å². The fraction of sp³-hybridized carbons (Fsp3) is 0.350. The Kier molecular flexibility index (Phi) is 4.07. The van der Waals surface area contributed by atoms with Gasteiger partial charge in [0.25, 0.3) is 0 Å². The van der Waals surface area contributed by atoms with Crippen LogP contribution in [0.5, 0.6) is 11.5 Å². The number of hydrogen-bond acceptors (Lipinski definition) is 3. The van der Waals surface area contributed by atoms with Gasteiger partial charge in [-0.15, -0.1) is 0 Å². The molecule has 0 fully saturated rings. The Labute approximate surface area is 146 Å². The summed E-state index contributed by atoms with van der Waals surface area (Å²) in [7, 11) is 0. The molecular weight excluding hydrogens is 321 g/mol. The van der Waals surface area contributed by atoms with E-state index in [2.05, 4.69) is 0 Å². The fourth-order valence-corrected chi connectivity index (χ4v) is 3.46. The lowest BCUT2D eigenvalue weighted by atomic mass is 9.95. The number of rotatable bonds is 3. The van der Waals surface area contributed by atoms with Crippen LogP contribution in [0.15, 0.2) is 36.4 Å². The molecule has 130 valence electrons. The maximum Gasteiger partial charge on any atom is 0.231 e. The van der Waals surface area contributed by atoms with Crippen LogP contribution in [0, 0.1) is 5.82 Å². The van der Waals surface area contributed by atoms with Crippen molar-refractivity contribution in [2.75, 3.05) is 13.3 Å². The normalized spacial score (nSPS) is 16.5. The van der Waals surface area contributed by atoms with E-state index in [0.29, 0.717) is 19.5 Å². The monoisotopic (exact) mass is 341 g/mol. The standard InChI is InChI=1S/C20H20FNO3/c1-13(14-2-4-17(21)5-3-14)8-20(23)22-7-6-15-9-18-19(25-12-24-18)10-16(15)11-22/h2-5,9-10,13H,6-8,11-12H2,1H3. The Balaban J connectivity index is 1.44. The summed E-state index contributed by atoms with van der Waals surface area (Å²) in [6.07, 6.45) is 1.24. The Bertz CT molecular complexity index is 803. The number of ether oxygens (including phenoxy) is 2. The van der Waals surface area contributed by atoms with E-state index in [1.807, 2.05) is 24.0 Å². The smallest absolute Gasteiger partial charge is 0.231 e. The Hall–Kier alpha value is -2.56. The first kappa shape index (κ1) is 15.9. The molecule has 4 nitrogen and oxygen atoms in total. The van der Waals surface area contributed by atoms with Crippen molar-refractivity contribution in [2.24, 2.45) is 0 Å². The molecule has 5 heteroatoms. The zero-order valence-corrected chi connectivity index (χ0v) is 14.1. The number of fused-ring (bicyclic) bond motifs is 2. The van der Waals surface area contributed by atoms with Gasteiger partial charge in [-0.25, -0.2) is 4.39 Å². The highest BCUT2D eigenvalue weighted by molar-refractivity contribution is 5.77. The van der Waals surface area contributed by atoms with Gasteiger partial charge >= 0.3 is 0 Å². The predicted molar refractivity (Wildman–Crippen MR) is 91.1 cm³/mol. The number of nitrogens with zero attached hydrogens (tertiary/aromatic N) is 1. The van der Waals surface area contributed by atoms with Crippen LogP contribution in [-0.4, -0.2) is 24.1 Å². The zero-order valence-electron chi connectivity index (χ0n) is 14.1. The van der Waals surface area contributed by atoms with Crippen LogP contribution in [0.25, 0.3) is 0 Å². The van der Waals surface area contributed by atoms with Gasteiger partial charge in [0, 0.05) is 19.5 Å². The van der Waals surface area contributed by atoms with E-state index in [9.17, 15) is 9.18 Å². The molecule has 0 N–H and O–H groups in total. The summed E-state index contributed by atoms with van der Waals surface area (Å²) in [5.74, 6) is 1.48. The number of carbonyl (C=O) groups excluding carboxylic acids is 1. The van der Waals surface area contributed by atoms with E-state index < -0.39 is 0 Å². The molecule has 1 amide bonds. The van der Waals surface area contributed by atoms with Gasteiger partial charge in [-0.1, -0.05) is 19.1 Å². The van der Waals surface area contributed by atoms with Gasteiger partial charge in [-0.05, 0) is 53.3 Å². The van der Waals surface area contributed by atoms with E-state index in [1.54, 1.807) is 12.1 Å². The fourth-order valence-electron chi connectivity index (χ4n) is 3.46. The lowest BCUT2D eigenvalue weighted by Crippen LogP contribution is -2.36. The summed E-state index contributed by atoms with van der Waals surface area (Å²) in [5.41, 5.74) is 3.33. The maximum atomic E-state index is 13.0. The summed E-state index contributed by atoms with van der Waals surface area (Å²) < 4.78 is 23.9. The van der Waals surface area contributed by atoms with Crippen molar-refractivity contribution in [3.8, 4) is 11.5 Å². The van der Waals surface area contributed by atoms with Gasteiger partial charge in [-0.3, -0.25) is 4.79 Å². The molecule has 4 rings (SSSR count). The van der Waals surface area contributed by atoms with Gasteiger partial charge in [0.2, 0.25) is 12.7 Å². The largest absolute Gasteiger partial charge is 0.454 e. The van der Waals surface area contributed by atoms with E-state index in [0.717, 1.165) is 29.0 Å². The summed E-state index contributed by atoms with van der Waals surface area (Å²) in [5, 5.41) is 0. The summed E-state index contributed by atoms with van der Waals surface area (Å²) in [6, 6.07) is 10.4. The third kappa shape index (κ3) is 3.18. The minimum absolute atomic E-state index is 0.0613. The Morgan fingerprint density at radius 3 is 2.56 bits per heavy atom. The average molecular weight is 341 g/mol. The number of hydrogen-bond donors (Lipinski definition) is 0. The van der Waals surface area contributed by atoms with Crippen molar-refractivity contribution in [1.29, 1.82) is 0 Å². The topological polar surface area (TPSA) is 38.8 Å². The van der Waals surface area contributed by atoms with Crippen LogP contribution in [0.2, 0.25) is 0 Å². The second-order valence-electron chi connectivity index (χ2n) is 6.70. The van der Waals surface area contributed by atoms with Crippen LogP contribution in [0.3, 0.4) is 0 Å². The molecule has 25 heavy (non-hydrogen) atoms. The van der Waals surface area contributed by atoms with Gasteiger partial charge in [0.05, 0.1) is 0 Å². The molecule has 0 saturated heterocycles. The van der Waals surface area contributed by atoms with E-state index >= 15 is 0 Å². The molecule has 0 spiro atoms.